The van der Waals surface area contributed by atoms with E-state index in [9.17, 15) is 13.2 Å². The van der Waals surface area contributed by atoms with E-state index in [2.05, 4.69) is 0 Å². The molecule has 0 fully saturated rings. The molecule has 18 heavy (non-hydrogen) atoms. The topological polar surface area (TPSA) is 9.23 Å². The van der Waals surface area contributed by atoms with Crippen LogP contribution in [0.2, 0.25) is 0 Å². The molecule has 102 valence electrons. The lowest BCUT2D eigenvalue weighted by molar-refractivity contribution is -0.181. The third-order valence-corrected chi connectivity index (χ3v) is 3.14. The number of rotatable bonds is 4. The molecular weight excluding hydrogens is 241 g/mol. The van der Waals surface area contributed by atoms with Crippen LogP contribution in [0, 0.1) is 0 Å². The highest BCUT2D eigenvalue weighted by atomic mass is 19.4. The largest absolute Gasteiger partial charge is 0.392 e. The summed E-state index contributed by atoms with van der Waals surface area (Å²) in [5.41, 5.74) is 0.171. The Labute approximate surface area is 106 Å². The predicted octanol–water partition coefficient (Wildman–Crippen LogP) is 4.62. The first-order chi connectivity index (χ1) is 8.19. The van der Waals surface area contributed by atoms with Crippen LogP contribution in [0.4, 0.5) is 13.2 Å². The molecule has 1 unspecified atom stereocenters. The molecule has 0 N–H and O–H groups in total. The Morgan fingerprint density at radius 1 is 1.17 bits per heavy atom. The van der Waals surface area contributed by atoms with Crippen molar-refractivity contribution in [2.75, 3.05) is 7.11 Å². The molecule has 0 aliphatic rings. The standard InChI is InChI=1S/C14H19F3O/c1-10(2)11-7-5-6-8-12(11)13(3,18-4)9-14(15,16)17/h5-8,10H,9H2,1-4H3. The molecule has 0 saturated carbocycles. The van der Waals surface area contributed by atoms with Gasteiger partial charge in [-0.05, 0) is 24.0 Å². The van der Waals surface area contributed by atoms with E-state index in [4.69, 9.17) is 4.74 Å². The molecule has 0 spiro atoms. The third-order valence-electron chi connectivity index (χ3n) is 3.14. The normalized spacial score (nSPS) is 15.8. The molecule has 1 atom stereocenters. The van der Waals surface area contributed by atoms with Crippen molar-refractivity contribution in [3.8, 4) is 0 Å². The van der Waals surface area contributed by atoms with Crippen molar-refractivity contribution >= 4 is 0 Å². The first kappa shape index (κ1) is 15.0. The first-order valence-corrected chi connectivity index (χ1v) is 5.91. The minimum Gasteiger partial charge on any atom is -0.373 e. The van der Waals surface area contributed by atoms with Crippen molar-refractivity contribution in [3.05, 3.63) is 35.4 Å². The minimum absolute atomic E-state index is 0.156. The summed E-state index contributed by atoms with van der Waals surface area (Å²) >= 11 is 0. The lowest BCUT2D eigenvalue weighted by Gasteiger charge is -2.32. The van der Waals surface area contributed by atoms with Crippen molar-refractivity contribution in [3.63, 3.8) is 0 Å². The molecule has 0 aromatic heterocycles. The maximum Gasteiger partial charge on any atom is 0.392 e. The second kappa shape index (κ2) is 5.31. The number of alkyl halides is 3. The Morgan fingerprint density at radius 2 is 1.72 bits per heavy atom. The molecule has 1 aromatic carbocycles. The highest BCUT2D eigenvalue weighted by Crippen LogP contribution is 2.39. The van der Waals surface area contributed by atoms with Crippen molar-refractivity contribution < 1.29 is 17.9 Å². The maximum absolute atomic E-state index is 12.7. The van der Waals surface area contributed by atoms with Crippen LogP contribution in [0.15, 0.2) is 24.3 Å². The summed E-state index contributed by atoms with van der Waals surface area (Å²) in [5.74, 6) is 0.156. The Bertz CT molecular complexity index is 398. The average molecular weight is 260 g/mol. The monoisotopic (exact) mass is 260 g/mol. The van der Waals surface area contributed by atoms with Crippen molar-refractivity contribution in [1.82, 2.24) is 0 Å². The van der Waals surface area contributed by atoms with Crippen molar-refractivity contribution in [1.29, 1.82) is 0 Å². The van der Waals surface area contributed by atoms with Gasteiger partial charge in [0, 0.05) is 7.11 Å². The number of hydrogen-bond acceptors (Lipinski definition) is 1. The molecule has 0 saturated heterocycles. The van der Waals surface area contributed by atoms with E-state index in [1.807, 2.05) is 26.0 Å². The van der Waals surface area contributed by atoms with Gasteiger partial charge in [-0.15, -0.1) is 0 Å². The van der Waals surface area contributed by atoms with Gasteiger partial charge in [0.1, 0.15) is 0 Å². The second-order valence-electron chi connectivity index (χ2n) is 4.97. The summed E-state index contributed by atoms with van der Waals surface area (Å²) in [6.07, 6.45) is -5.24. The summed E-state index contributed by atoms with van der Waals surface area (Å²) in [5, 5.41) is 0. The number of ether oxygens (including phenoxy) is 1. The molecule has 0 aliphatic carbocycles. The lowest BCUT2D eigenvalue weighted by Crippen LogP contribution is -2.32. The molecule has 1 rings (SSSR count). The summed E-state index contributed by atoms with van der Waals surface area (Å²) in [6, 6.07) is 7.15. The van der Waals surface area contributed by atoms with Gasteiger partial charge in [-0.2, -0.15) is 13.2 Å². The molecule has 0 radical (unpaired) electrons. The van der Waals surface area contributed by atoms with Crippen LogP contribution >= 0.6 is 0 Å². The van der Waals surface area contributed by atoms with Crippen LogP contribution in [0.3, 0.4) is 0 Å². The number of halogens is 3. The average Bonchev–Trinajstić information content (AvgIpc) is 2.26. The Morgan fingerprint density at radius 3 is 2.17 bits per heavy atom. The van der Waals surface area contributed by atoms with Crippen LogP contribution in [-0.4, -0.2) is 13.3 Å². The van der Waals surface area contributed by atoms with Crippen LogP contribution < -0.4 is 0 Å². The number of benzene rings is 1. The van der Waals surface area contributed by atoms with E-state index in [0.29, 0.717) is 5.56 Å². The molecule has 0 aliphatic heterocycles. The smallest absolute Gasteiger partial charge is 0.373 e. The maximum atomic E-state index is 12.7. The predicted molar refractivity (Wildman–Crippen MR) is 65.6 cm³/mol. The minimum atomic E-state index is -4.26. The Balaban J connectivity index is 3.23. The summed E-state index contributed by atoms with van der Waals surface area (Å²) in [6.45, 7) is 5.41. The lowest BCUT2D eigenvalue weighted by atomic mass is 9.84. The quantitative estimate of drug-likeness (QED) is 0.767. The van der Waals surface area contributed by atoms with E-state index in [-0.39, 0.29) is 5.92 Å². The van der Waals surface area contributed by atoms with E-state index in [1.54, 1.807) is 12.1 Å². The summed E-state index contributed by atoms with van der Waals surface area (Å²) in [4.78, 5) is 0. The summed E-state index contributed by atoms with van der Waals surface area (Å²) in [7, 11) is 1.32. The fourth-order valence-corrected chi connectivity index (χ4v) is 2.14. The zero-order chi connectivity index (χ0) is 14.0. The zero-order valence-corrected chi connectivity index (χ0v) is 11.1. The van der Waals surface area contributed by atoms with Gasteiger partial charge in [-0.25, -0.2) is 0 Å². The van der Waals surface area contributed by atoms with Gasteiger partial charge in [0.2, 0.25) is 0 Å². The molecule has 1 aromatic rings. The summed E-state index contributed by atoms with van der Waals surface area (Å²) < 4.78 is 43.2. The molecule has 1 nitrogen and oxygen atoms in total. The second-order valence-corrected chi connectivity index (χ2v) is 4.97. The highest BCUT2D eigenvalue weighted by molar-refractivity contribution is 5.34. The van der Waals surface area contributed by atoms with Gasteiger partial charge in [-0.1, -0.05) is 38.1 Å². The molecule has 0 bridgehead atoms. The Hall–Kier alpha value is -1.03. The van der Waals surface area contributed by atoms with Crippen LogP contribution in [0.25, 0.3) is 0 Å². The molecule has 4 heteroatoms. The number of hydrogen-bond donors (Lipinski definition) is 0. The number of methoxy groups -OCH3 is 1. The van der Waals surface area contributed by atoms with Gasteiger partial charge in [0.05, 0.1) is 12.0 Å². The van der Waals surface area contributed by atoms with Crippen LogP contribution in [-0.2, 0) is 10.3 Å². The fraction of sp³-hybridized carbons (Fsp3) is 0.571. The van der Waals surface area contributed by atoms with Crippen LogP contribution in [0.1, 0.15) is 44.2 Å². The molecule has 0 amide bonds. The zero-order valence-electron chi connectivity index (χ0n) is 11.1. The first-order valence-electron chi connectivity index (χ1n) is 5.91. The van der Waals surface area contributed by atoms with Crippen molar-refractivity contribution in [2.24, 2.45) is 0 Å². The Kier molecular flexibility index (Phi) is 4.43. The van der Waals surface area contributed by atoms with Crippen LogP contribution in [0.5, 0.6) is 0 Å². The van der Waals surface area contributed by atoms with Gasteiger partial charge in [0.25, 0.3) is 0 Å². The van der Waals surface area contributed by atoms with Gasteiger partial charge in [0.15, 0.2) is 0 Å². The SMILES string of the molecule is COC(C)(CC(F)(F)F)c1ccccc1C(C)C. The third kappa shape index (κ3) is 3.48. The van der Waals surface area contributed by atoms with Gasteiger partial charge >= 0.3 is 6.18 Å². The van der Waals surface area contributed by atoms with Gasteiger partial charge < -0.3 is 4.74 Å². The highest BCUT2D eigenvalue weighted by Gasteiger charge is 2.41. The molecular formula is C14H19F3O. The van der Waals surface area contributed by atoms with Crippen molar-refractivity contribution in [2.45, 2.75) is 44.9 Å². The van der Waals surface area contributed by atoms with E-state index in [0.717, 1.165) is 5.56 Å². The van der Waals surface area contributed by atoms with Gasteiger partial charge in [-0.3, -0.25) is 0 Å². The van der Waals surface area contributed by atoms with E-state index >= 15 is 0 Å². The van der Waals surface area contributed by atoms with E-state index in [1.165, 1.54) is 14.0 Å². The fourth-order valence-electron chi connectivity index (χ4n) is 2.14. The van der Waals surface area contributed by atoms with E-state index < -0.39 is 18.2 Å². The molecule has 0 heterocycles.